The van der Waals surface area contributed by atoms with Gasteiger partial charge in [0.2, 0.25) is 17.7 Å². The van der Waals surface area contributed by atoms with Gasteiger partial charge < -0.3 is 19.9 Å². The highest BCUT2D eigenvalue weighted by molar-refractivity contribution is 5.97. The molecule has 3 amide bonds. The predicted molar refractivity (Wildman–Crippen MR) is 189 cm³/mol. The molecule has 1 N–H and O–H groups in total. The third kappa shape index (κ3) is 8.09. The number of nitrogens with one attached hydrogen (secondary N) is 1. The first-order chi connectivity index (χ1) is 23.6. The number of benzene rings is 2. The number of carbonyl (C=O) groups is 4. The van der Waals surface area contributed by atoms with E-state index < -0.39 is 35.5 Å². The number of nitrogens with zero attached hydrogens (tertiary/aromatic N) is 3. The fourth-order valence-electron chi connectivity index (χ4n) is 8.29. The number of hydrogen-bond acceptors (Lipinski definition) is 6. The summed E-state index contributed by atoms with van der Waals surface area (Å²) in [5, 5.41) is 3.00. The molecule has 0 spiro atoms. The van der Waals surface area contributed by atoms with Crippen LogP contribution in [0.4, 0.5) is 0 Å². The molecule has 262 valence electrons. The van der Waals surface area contributed by atoms with Crippen LogP contribution in [0.1, 0.15) is 82.8 Å². The number of rotatable bonds is 10. The average Bonchev–Trinajstić information content (AvgIpc) is 3.48. The van der Waals surface area contributed by atoms with Gasteiger partial charge in [0.05, 0.1) is 17.9 Å². The second-order valence-corrected chi connectivity index (χ2v) is 15.1. The lowest BCUT2D eigenvalue weighted by Crippen LogP contribution is -2.68. The Morgan fingerprint density at radius 3 is 2.20 bits per heavy atom. The smallest absolute Gasteiger partial charge is 0.329 e. The van der Waals surface area contributed by atoms with E-state index in [4.69, 9.17) is 4.74 Å². The van der Waals surface area contributed by atoms with Crippen molar-refractivity contribution in [3.8, 4) is 0 Å². The molecule has 4 aliphatic rings. The van der Waals surface area contributed by atoms with Crippen LogP contribution in [-0.4, -0.2) is 94.8 Å². The molecule has 0 bridgehead atoms. The summed E-state index contributed by atoms with van der Waals surface area (Å²) in [5.41, 5.74) is 1.18. The summed E-state index contributed by atoms with van der Waals surface area (Å²) in [6.07, 6.45) is 10.5. The molecule has 9 heteroatoms. The first-order valence-corrected chi connectivity index (χ1v) is 18.2. The predicted octanol–water partition coefficient (Wildman–Crippen LogP) is 5.02. The van der Waals surface area contributed by atoms with E-state index in [2.05, 4.69) is 10.2 Å². The second-order valence-electron chi connectivity index (χ2n) is 15.1. The van der Waals surface area contributed by atoms with Crippen molar-refractivity contribution in [3.05, 3.63) is 77.9 Å². The summed E-state index contributed by atoms with van der Waals surface area (Å²) >= 11 is 0. The number of hydrogen-bond donors (Lipinski definition) is 1. The zero-order valence-electron chi connectivity index (χ0n) is 29.3. The lowest BCUT2D eigenvalue weighted by molar-refractivity contribution is -0.179. The molecule has 3 saturated heterocycles. The average molecular weight is 669 g/mol. The largest absolute Gasteiger partial charge is 0.458 e. The van der Waals surface area contributed by atoms with E-state index in [0.29, 0.717) is 25.7 Å². The van der Waals surface area contributed by atoms with Crippen molar-refractivity contribution >= 4 is 29.8 Å². The third-order valence-electron chi connectivity index (χ3n) is 10.8. The van der Waals surface area contributed by atoms with Gasteiger partial charge in [0.15, 0.2) is 0 Å². The van der Waals surface area contributed by atoms with Crippen LogP contribution in [0.5, 0.6) is 0 Å². The molecule has 49 heavy (non-hydrogen) atoms. The Kier molecular flexibility index (Phi) is 10.9. The second kappa shape index (κ2) is 15.3. The minimum absolute atomic E-state index is 0.00272. The number of esters is 1. The molecule has 4 fully saturated rings. The number of β-lactam (4-membered cyclic amide) rings is 1. The minimum atomic E-state index is -0.958. The maximum absolute atomic E-state index is 14.3. The van der Waals surface area contributed by atoms with Crippen molar-refractivity contribution < 1.29 is 23.9 Å². The molecule has 2 aromatic rings. The van der Waals surface area contributed by atoms with Crippen LogP contribution in [0.3, 0.4) is 0 Å². The number of carbonyl (C=O) groups excluding carboxylic acids is 4. The van der Waals surface area contributed by atoms with Crippen molar-refractivity contribution in [1.82, 2.24) is 20.0 Å². The minimum Gasteiger partial charge on any atom is -0.458 e. The normalized spacial score (nSPS) is 26.0. The molecule has 9 nitrogen and oxygen atoms in total. The SMILES string of the molecule is CC(C)(C)OC(=O)[C@H](CCC(=O)N1CCN(C2CCCCC2)CC1)N1C(=O)[C@@H](C2C(=O)NC[C@@H]2c2ccccc2)[C@H]1C=Cc1ccccc1. The van der Waals surface area contributed by atoms with Crippen LogP contribution in [0, 0.1) is 11.8 Å². The Labute approximate surface area is 291 Å². The van der Waals surface area contributed by atoms with Gasteiger partial charge in [-0.1, -0.05) is 92.1 Å². The van der Waals surface area contributed by atoms with Gasteiger partial charge in [-0.3, -0.25) is 19.3 Å². The zero-order valence-corrected chi connectivity index (χ0v) is 29.3. The van der Waals surface area contributed by atoms with Crippen LogP contribution in [0.2, 0.25) is 0 Å². The van der Waals surface area contributed by atoms with Gasteiger partial charge in [-0.05, 0) is 51.2 Å². The van der Waals surface area contributed by atoms with Gasteiger partial charge in [0, 0.05) is 51.1 Å². The zero-order chi connectivity index (χ0) is 34.5. The molecule has 1 aliphatic carbocycles. The fourth-order valence-corrected chi connectivity index (χ4v) is 8.29. The monoisotopic (exact) mass is 668 g/mol. The summed E-state index contributed by atoms with van der Waals surface area (Å²) in [6, 6.07) is 18.7. The van der Waals surface area contributed by atoms with Gasteiger partial charge in [-0.2, -0.15) is 0 Å². The van der Waals surface area contributed by atoms with Gasteiger partial charge in [0.25, 0.3) is 0 Å². The van der Waals surface area contributed by atoms with Crippen molar-refractivity contribution in [2.45, 2.75) is 95.4 Å². The maximum Gasteiger partial charge on any atom is 0.329 e. The lowest BCUT2D eigenvalue weighted by Gasteiger charge is -2.51. The Morgan fingerprint density at radius 2 is 1.55 bits per heavy atom. The van der Waals surface area contributed by atoms with E-state index in [-0.39, 0.29) is 36.5 Å². The molecule has 2 aromatic carbocycles. The highest BCUT2D eigenvalue weighted by atomic mass is 16.6. The standard InChI is InChI=1S/C40H52N4O5/c1-40(2,3)49-39(48)33(21-22-34(45)43-25-23-42(24-26-43)30-17-11-6-12-18-30)44-32(20-19-28-13-7-4-8-14-28)36(38(44)47)35-31(27-41-37(35)46)29-15-9-5-10-16-29/h4-5,7-10,13-16,19-20,30-33,35-36H,6,11-12,17-18,21-27H2,1-3H3,(H,41,46)/t31-,32-,33+,35?,36-/m1/s1. The Bertz CT molecular complexity index is 1490. The summed E-state index contributed by atoms with van der Waals surface area (Å²) in [5.74, 6) is -2.35. The van der Waals surface area contributed by atoms with E-state index in [1.54, 1.807) is 25.7 Å². The lowest BCUT2D eigenvalue weighted by atomic mass is 9.70. The molecule has 0 aromatic heterocycles. The molecular weight excluding hydrogens is 616 g/mol. The highest BCUT2D eigenvalue weighted by Crippen LogP contribution is 2.45. The first kappa shape index (κ1) is 34.9. The molecule has 3 aliphatic heterocycles. The van der Waals surface area contributed by atoms with Crippen LogP contribution in [0.25, 0.3) is 6.08 Å². The molecule has 1 saturated carbocycles. The fraction of sp³-hybridized carbons (Fsp3) is 0.550. The summed E-state index contributed by atoms with van der Waals surface area (Å²) < 4.78 is 5.88. The molecular formula is C40H52N4O5. The quantitative estimate of drug-likeness (QED) is 0.282. The van der Waals surface area contributed by atoms with Gasteiger partial charge in [-0.25, -0.2) is 4.79 Å². The van der Waals surface area contributed by atoms with Crippen LogP contribution in [0.15, 0.2) is 66.7 Å². The summed E-state index contributed by atoms with van der Waals surface area (Å²) in [6.45, 7) is 8.96. The van der Waals surface area contributed by atoms with Crippen LogP contribution < -0.4 is 5.32 Å². The van der Waals surface area contributed by atoms with Gasteiger partial charge >= 0.3 is 5.97 Å². The molecule has 5 atom stereocenters. The number of piperazine rings is 1. The Hall–Kier alpha value is -3.98. The van der Waals surface area contributed by atoms with E-state index in [1.807, 2.05) is 77.7 Å². The van der Waals surface area contributed by atoms with Crippen molar-refractivity contribution in [2.24, 2.45) is 11.8 Å². The first-order valence-electron chi connectivity index (χ1n) is 18.2. The van der Waals surface area contributed by atoms with E-state index in [0.717, 1.165) is 24.2 Å². The number of likely N-dealkylation sites (tertiary alicyclic amines) is 1. The van der Waals surface area contributed by atoms with Crippen LogP contribution >= 0.6 is 0 Å². The molecule has 1 unspecified atom stereocenters. The molecule has 6 rings (SSSR count). The van der Waals surface area contributed by atoms with Gasteiger partial charge in [0.1, 0.15) is 11.6 Å². The Balaban J connectivity index is 1.22. The Morgan fingerprint density at radius 1 is 0.898 bits per heavy atom. The summed E-state index contributed by atoms with van der Waals surface area (Å²) in [7, 11) is 0. The van der Waals surface area contributed by atoms with Crippen molar-refractivity contribution in [2.75, 3.05) is 32.7 Å². The number of ether oxygens (including phenoxy) is 1. The van der Waals surface area contributed by atoms with Gasteiger partial charge in [-0.15, -0.1) is 0 Å². The molecule has 0 radical (unpaired) electrons. The molecule has 3 heterocycles. The third-order valence-corrected chi connectivity index (χ3v) is 10.8. The van der Waals surface area contributed by atoms with Crippen LogP contribution in [-0.2, 0) is 23.9 Å². The van der Waals surface area contributed by atoms with E-state index in [9.17, 15) is 19.2 Å². The van der Waals surface area contributed by atoms with Crippen molar-refractivity contribution in [1.29, 1.82) is 0 Å². The topological polar surface area (TPSA) is 99.3 Å². The van der Waals surface area contributed by atoms with E-state index in [1.165, 1.54) is 32.1 Å². The van der Waals surface area contributed by atoms with Crippen molar-refractivity contribution in [3.63, 3.8) is 0 Å². The number of amides is 3. The summed E-state index contributed by atoms with van der Waals surface area (Å²) in [4.78, 5) is 61.3. The highest BCUT2D eigenvalue weighted by Gasteiger charge is 2.59. The maximum atomic E-state index is 14.3. The van der Waals surface area contributed by atoms with E-state index >= 15 is 0 Å².